The molecule has 11 nitrogen and oxygen atoms in total. The Balaban J connectivity index is 1.33. The van der Waals surface area contributed by atoms with Crippen LogP contribution in [0.5, 0.6) is 0 Å². The van der Waals surface area contributed by atoms with Crippen LogP contribution in [0.15, 0.2) is 52.4 Å². The third kappa shape index (κ3) is 4.80. The molecule has 36 heavy (non-hydrogen) atoms. The first-order valence-corrected chi connectivity index (χ1v) is 13.5. The molecular formula is C23H25N6O5S2+. The van der Waals surface area contributed by atoms with Crippen LogP contribution < -0.4 is 15.6 Å². The van der Waals surface area contributed by atoms with Crippen molar-refractivity contribution in [2.75, 3.05) is 11.5 Å². The fourth-order valence-electron chi connectivity index (χ4n) is 4.50. The minimum Gasteiger partial charge on any atom is -0.477 e. The van der Waals surface area contributed by atoms with E-state index in [1.807, 2.05) is 35.2 Å². The molecule has 2 aromatic heterocycles. The topological polar surface area (TPSA) is 151 Å². The van der Waals surface area contributed by atoms with E-state index >= 15 is 0 Å². The fraction of sp³-hybridized carbons (Fsp3) is 0.391. The van der Waals surface area contributed by atoms with Crippen LogP contribution in [-0.2, 0) is 25.8 Å². The van der Waals surface area contributed by atoms with E-state index in [1.54, 1.807) is 5.38 Å². The van der Waals surface area contributed by atoms with Gasteiger partial charge in [-0.2, -0.15) is 0 Å². The zero-order valence-corrected chi connectivity index (χ0v) is 20.8. The molecule has 0 bridgehead atoms. The van der Waals surface area contributed by atoms with E-state index in [2.05, 4.69) is 15.5 Å². The number of pyridine rings is 1. The maximum absolute atomic E-state index is 13.2. The smallest absolute Gasteiger partial charge is 0.352 e. The number of fused-ring (bicyclic) bond motifs is 1. The Morgan fingerprint density at radius 2 is 2.03 bits per heavy atom. The molecule has 2 fully saturated rings. The summed E-state index contributed by atoms with van der Waals surface area (Å²) >= 11 is 2.58. The van der Waals surface area contributed by atoms with Crippen LogP contribution in [0.3, 0.4) is 0 Å². The normalized spacial score (nSPS) is 22.3. The molecule has 0 spiro atoms. The van der Waals surface area contributed by atoms with Gasteiger partial charge in [-0.15, -0.1) is 23.1 Å². The van der Waals surface area contributed by atoms with Crippen molar-refractivity contribution in [3.8, 4) is 0 Å². The second kappa shape index (κ2) is 10.3. The largest absolute Gasteiger partial charge is 0.477 e. The Morgan fingerprint density at radius 3 is 2.69 bits per heavy atom. The van der Waals surface area contributed by atoms with E-state index in [1.165, 1.54) is 28.0 Å². The van der Waals surface area contributed by atoms with Crippen molar-refractivity contribution in [3.63, 3.8) is 0 Å². The summed E-state index contributed by atoms with van der Waals surface area (Å²) in [6, 6.07) is 4.68. The van der Waals surface area contributed by atoms with E-state index in [0.717, 1.165) is 25.7 Å². The van der Waals surface area contributed by atoms with E-state index in [0.29, 0.717) is 17.9 Å². The van der Waals surface area contributed by atoms with Gasteiger partial charge in [0.1, 0.15) is 28.9 Å². The Bertz CT molecular complexity index is 1240. The molecule has 1 unspecified atom stereocenters. The summed E-state index contributed by atoms with van der Waals surface area (Å²) in [4.78, 5) is 49.4. The number of nitrogens with two attached hydrogens (primary N) is 1. The number of carbonyl (C=O) groups is 3. The zero-order chi connectivity index (χ0) is 25.2. The number of hydrogen-bond donors (Lipinski definition) is 3. The summed E-state index contributed by atoms with van der Waals surface area (Å²) in [5, 5.41) is 18.0. The minimum absolute atomic E-state index is 0.0312. The molecule has 1 saturated carbocycles. The van der Waals surface area contributed by atoms with E-state index in [4.69, 9.17) is 10.6 Å². The summed E-state index contributed by atoms with van der Waals surface area (Å²) in [7, 11) is 0. The molecule has 1 aliphatic carbocycles. The zero-order valence-electron chi connectivity index (χ0n) is 19.2. The van der Waals surface area contributed by atoms with Crippen LogP contribution in [0.4, 0.5) is 5.13 Å². The molecule has 0 radical (unpaired) electrons. The summed E-state index contributed by atoms with van der Waals surface area (Å²) in [5.41, 5.74) is 6.55. The Labute approximate surface area is 215 Å². The number of carbonyl (C=O) groups excluding carboxylic acids is 2. The molecule has 2 aromatic rings. The molecule has 4 N–H and O–H groups in total. The van der Waals surface area contributed by atoms with Gasteiger partial charge in [-0.05, 0) is 25.7 Å². The first-order chi connectivity index (χ1) is 17.4. The average molecular weight is 530 g/mol. The highest BCUT2D eigenvalue weighted by molar-refractivity contribution is 8.00. The summed E-state index contributed by atoms with van der Waals surface area (Å²) in [6.07, 6.45) is 7.42. The number of amides is 2. The van der Waals surface area contributed by atoms with Gasteiger partial charge in [-0.3, -0.25) is 14.5 Å². The maximum atomic E-state index is 13.2. The van der Waals surface area contributed by atoms with Gasteiger partial charge in [-0.25, -0.2) is 14.3 Å². The van der Waals surface area contributed by atoms with E-state index in [9.17, 15) is 19.5 Å². The number of nitrogens with zero attached hydrogens (tertiary/aromatic N) is 4. The lowest BCUT2D eigenvalue weighted by Gasteiger charge is -2.49. The highest BCUT2D eigenvalue weighted by Gasteiger charge is 2.54. The molecule has 2 amide bonds. The van der Waals surface area contributed by atoms with E-state index in [-0.39, 0.29) is 28.3 Å². The van der Waals surface area contributed by atoms with Crippen LogP contribution in [0.2, 0.25) is 0 Å². The predicted molar refractivity (Wildman–Crippen MR) is 133 cm³/mol. The number of rotatable bonds is 8. The molecule has 2 aliphatic heterocycles. The number of thioether (sulfide) groups is 1. The lowest BCUT2D eigenvalue weighted by atomic mass is 10.0. The third-order valence-corrected chi connectivity index (χ3v) is 8.28. The molecule has 1 saturated heterocycles. The summed E-state index contributed by atoms with van der Waals surface area (Å²) in [5.74, 6) is -1.86. The van der Waals surface area contributed by atoms with Crippen molar-refractivity contribution in [1.29, 1.82) is 0 Å². The van der Waals surface area contributed by atoms with Gasteiger partial charge in [0.05, 0.1) is 0 Å². The summed E-state index contributed by atoms with van der Waals surface area (Å²) in [6.45, 7) is 0.351. The SMILES string of the molecule is Nc1nc(/C(=N/OC2CCCC2)C(=O)NC2C(=O)N3C(C(=O)O)=C(C[n+]4ccccc4)CS[C@H]23)cs1. The molecule has 13 heteroatoms. The number of carboxylic acid groups (broad SMARTS) is 1. The quantitative estimate of drug-likeness (QED) is 0.199. The molecular weight excluding hydrogens is 504 g/mol. The molecule has 4 heterocycles. The third-order valence-electron chi connectivity index (χ3n) is 6.26. The molecule has 2 atom stereocenters. The van der Waals surface area contributed by atoms with Crippen LogP contribution in [0, 0.1) is 0 Å². The minimum atomic E-state index is -1.17. The van der Waals surface area contributed by atoms with Gasteiger partial charge in [0, 0.05) is 28.8 Å². The molecule has 3 aliphatic rings. The second-order valence-electron chi connectivity index (χ2n) is 8.69. The second-order valence-corrected chi connectivity index (χ2v) is 10.7. The van der Waals surface area contributed by atoms with Crippen LogP contribution in [0.25, 0.3) is 0 Å². The van der Waals surface area contributed by atoms with Crippen molar-refractivity contribution < 1.29 is 28.9 Å². The van der Waals surface area contributed by atoms with Gasteiger partial charge in [-0.1, -0.05) is 11.2 Å². The Morgan fingerprint density at radius 1 is 1.28 bits per heavy atom. The molecule has 188 valence electrons. The lowest BCUT2D eigenvalue weighted by Crippen LogP contribution is -2.71. The van der Waals surface area contributed by atoms with Crippen molar-refractivity contribution >= 4 is 51.7 Å². The van der Waals surface area contributed by atoms with Crippen LogP contribution >= 0.6 is 23.1 Å². The first-order valence-electron chi connectivity index (χ1n) is 11.5. The number of hydrogen-bond acceptors (Lipinski definition) is 9. The Kier molecular flexibility index (Phi) is 6.92. The van der Waals surface area contributed by atoms with Crippen molar-refractivity contribution in [2.24, 2.45) is 5.16 Å². The molecule has 5 rings (SSSR count). The average Bonchev–Trinajstić information content (AvgIpc) is 3.55. The van der Waals surface area contributed by atoms with Gasteiger partial charge in [0.15, 0.2) is 29.8 Å². The van der Waals surface area contributed by atoms with Gasteiger partial charge >= 0.3 is 5.97 Å². The predicted octanol–water partition coefficient (Wildman–Crippen LogP) is 1.11. The molecule has 0 aromatic carbocycles. The summed E-state index contributed by atoms with van der Waals surface area (Å²) < 4.78 is 1.86. The maximum Gasteiger partial charge on any atom is 0.352 e. The first kappa shape index (κ1) is 24.3. The number of thiazole rings is 1. The van der Waals surface area contributed by atoms with Crippen molar-refractivity contribution in [3.05, 3.63) is 52.9 Å². The number of anilines is 1. The van der Waals surface area contributed by atoms with Crippen molar-refractivity contribution in [1.82, 2.24) is 15.2 Å². The van der Waals surface area contributed by atoms with Crippen LogP contribution in [0.1, 0.15) is 31.4 Å². The number of aromatic nitrogens is 2. The fourth-order valence-corrected chi connectivity index (χ4v) is 6.38. The highest BCUT2D eigenvalue weighted by atomic mass is 32.2. The van der Waals surface area contributed by atoms with Crippen LogP contribution in [-0.4, -0.2) is 61.8 Å². The lowest BCUT2D eigenvalue weighted by molar-refractivity contribution is -0.689. The number of nitrogens with one attached hydrogen (secondary N) is 1. The monoisotopic (exact) mass is 529 g/mol. The standard InChI is InChI=1S/C23H24N6O5S2/c24-23-25-15(12-36-23)16(27-34-14-6-2-3-7-14)19(30)26-17-20(31)29-18(22(32)33)13(11-35-21(17)29)10-28-8-4-1-5-9-28/h1,4-5,8-9,12,14,17,21H,2-3,6-7,10-11H2,(H3-,24,25,26,30,32,33)/p+1/b27-16-/t17?,21-/m1/s1. The number of carboxylic acids is 1. The highest BCUT2D eigenvalue weighted by Crippen LogP contribution is 2.40. The van der Waals surface area contributed by atoms with Gasteiger partial charge in [0.25, 0.3) is 11.8 Å². The van der Waals surface area contributed by atoms with Crippen molar-refractivity contribution in [2.45, 2.75) is 49.7 Å². The Hall–Kier alpha value is -3.45. The number of β-lactam (4-membered cyclic amide) rings is 1. The number of nitrogen functional groups attached to an aromatic ring is 1. The van der Waals surface area contributed by atoms with Gasteiger partial charge in [0.2, 0.25) is 0 Å². The number of oxime groups is 1. The van der Waals surface area contributed by atoms with Gasteiger partial charge < -0.3 is 21.0 Å². The number of aliphatic carboxylic acids is 1. The van der Waals surface area contributed by atoms with E-state index < -0.39 is 29.2 Å².